The number of fused-ring (bicyclic) bond motifs is 1. The highest BCUT2D eigenvalue weighted by Gasteiger charge is 2.15. The Morgan fingerprint density at radius 1 is 1.12 bits per heavy atom. The number of imidazole rings is 1. The van der Waals surface area contributed by atoms with Gasteiger partial charge in [0.05, 0.1) is 18.0 Å². The lowest BCUT2D eigenvalue weighted by molar-refractivity contribution is 0.102. The summed E-state index contributed by atoms with van der Waals surface area (Å²) in [4.78, 5) is 8.86. The first kappa shape index (κ1) is 19.9. The Hall–Kier alpha value is -0.460. The van der Waals surface area contributed by atoms with Crippen molar-refractivity contribution >= 4 is 62.8 Å². The predicted octanol–water partition coefficient (Wildman–Crippen LogP) is 6.27. The van der Waals surface area contributed by atoms with Gasteiger partial charge in [-0.3, -0.25) is 4.34 Å². The minimum absolute atomic E-state index is 0.366. The van der Waals surface area contributed by atoms with Gasteiger partial charge in [-0.25, -0.2) is 9.97 Å². The third-order valence-corrected chi connectivity index (χ3v) is 5.60. The molecule has 0 spiro atoms. The lowest BCUT2D eigenvalue weighted by atomic mass is 10.2. The van der Waals surface area contributed by atoms with Crippen LogP contribution in [0.1, 0.15) is 25.2 Å². The van der Waals surface area contributed by atoms with Gasteiger partial charge in [0, 0.05) is 0 Å². The first-order valence-corrected chi connectivity index (χ1v) is 12.2. The van der Waals surface area contributed by atoms with Crippen LogP contribution in [0, 0.1) is 0 Å². The van der Waals surface area contributed by atoms with Crippen molar-refractivity contribution < 1.29 is 4.74 Å². The molecule has 0 radical (unpaired) electrons. The van der Waals surface area contributed by atoms with Crippen molar-refractivity contribution in [2.75, 3.05) is 0 Å². The molecule has 1 unspecified atom stereocenters. The smallest absolute Gasteiger partial charge is 0.167 e. The Balaban J connectivity index is 0.00000100. The summed E-state index contributed by atoms with van der Waals surface area (Å²) in [6.45, 7) is 4.94. The summed E-state index contributed by atoms with van der Waals surface area (Å²) < 4.78 is 7.75. The minimum atomic E-state index is 0.366. The van der Waals surface area contributed by atoms with Crippen molar-refractivity contribution in [3.05, 3.63) is 58.0 Å². The van der Waals surface area contributed by atoms with Crippen LogP contribution in [0.4, 0.5) is 0 Å². The van der Waals surface area contributed by atoms with E-state index in [2.05, 4.69) is 32.0 Å². The fourth-order valence-corrected chi connectivity index (χ4v) is 4.49. The third kappa shape index (κ3) is 4.79. The zero-order chi connectivity index (χ0) is 17.5. The molecule has 0 aliphatic carbocycles. The molecule has 2 aromatic heterocycles. The molecular formula is C16H17Cl2IN3OP. The quantitative estimate of drug-likeness (QED) is 0.238. The number of halogens is 3. The first-order chi connectivity index (χ1) is 11.7. The van der Waals surface area contributed by atoms with Crippen molar-refractivity contribution in [2.24, 2.45) is 0 Å². The summed E-state index contributed by atoms with van der Waals surface area (Å²) in [5.74, 6) is 0.801. The molecule has 3 rings (SSSR count). The van der Waals surface area contributed by atoms with Gasteiger partial charge in [-0.05, 0) is 33.7 Å². The average molecular weight is 496 g/mol. The second kappa shape index (κ2) is 9.88. The van der Waals surface area contributed by atoms with Crippen LogP contribution < -0.4 is 0 Å². The van der Waals surface area contributed by atoms with E-state index in [1.165, 1.54) is 0 Å². The fourth-order valence-electron chi connectivity index (χ4n) is 2.05. The number of ether oxygens (including phenoxy) is 1. The van der Waals surface area contributed by atoms with Gasteiger partial charge in [0.2, 0.25) is 0 Å². The summed E-state index contributed by atoms with van der Waals surface area (Å²) in [6, 6.07) is 11.6. The van der Waals surface area contributed by atoms with Gasteiger partial charge in [-0.1, -0.05) is 67.4 Å². The Morgan fingerprint density at radius 2 is 1.83 bits per heavy atom. The van der Waals surface area contributed by atoms with E-state index in [1.54, 1.807) is 6.07 Å². The molecule has 1 atom stereocenters. The predicted molar refractivity (Wildman–Crippen MR) is 112 cm³/mol. The van der Waals surface area contributed by atoms with Crippen molar-refractivity contribution in [3.8, 4) is 0 Å². The molecule has 0 saturated heterocycles. The monoisotopic (exact) mass is 495 g/mol. The zero-order valence-corrected chi connectivity index (χ0v) is 17.9. The van der Waals surface area contributed by atoms with E-state index < -0.39 is 0 Å². The maximum atomic E-state index is 6.19. The number of hydrogen-bond acceptors (Lipinski definition) is 3. The number of nitrogens with zero attached hydrogens (tertiary/aromatic N) is 3. The fraction of sp³-hybridized carbons (Fsp3) is 0.250. The molecule has 0 fully saturated rings. The highest BCUT2D eigenvalue weighted by molar-refractivity contribution is 14.2. The Kier molecular flexibility index (Phi) is 8.17. The second-order valence-electron chi connectivity index (χ2n) is 4.53. The summed E-state index contributed by atoms with van der Waals surface area (Å²) in [6.07, 6.45) is 0.442. The topological polar surface area (TPSA) is 39.9 Å². The summed E-state index contributed by atoms with van der Waals surface area (Å²) in [5.41, 5.74) is 2.48. The van der Waals surface area contributed by atoms with Gasteiger partial charge in [0.15, 0.2) is 5.65 Å². The van der Waals surface area contributed by atoms with Crippen LogP contribution in [0.5, 0.6) is 0 Å². The van der Waals surface area contributed by atoms with Crippen LogP contribution in [-0.2, 0) is 18.0 Å². The average Bonchev–Trinajstić information content (AvgIpc) is 2.95. The molecule has 128 valence electrons. The van der Waals surface area contributed by atoms with E-state index >= 15 is 0 Å². The van der Waals surface area contributed by atoms with Crippen LogP contribution >= 0.6 is 51.6 Å². The van der Waals surface area contributed by atoms with E-state index in [0.29, 0.717) is 40.9 Å². The van der Waals surface area contributed by atoms with E-state index in [0.717, 1.165) is 11.4 Å². The maximum absolute atomic E-state index is 6.19. The van der Waals surface area contributed by atoms with Gasteiger partial charge in [0.1, 0.15) is 23.1 Å². The molecule has 0 aliphatic heterocycles. The molecule has 0 N–H and O–H groups in total. The lowest BCUT2D eigenvalue weighted by Crippen LogP contribution is -1.99. The van der Waals surface area contributed by atoms with Crippen molar-refractivity contribution in [2.45, 2.75) is 27.1 Å². The molecule has 0 amide bonds. The Labute approximate surface area is 166 Å². The van der Waals surface area contributed by atoms with Crippen LogP contribution in [-0.4, -0.2) is 14.3 Å². The molecule has 0 bridgehead atoms. The van der Waals surface area contributed by atoms with Crippen LogP contribution in [0.2, 0.25) is 10.2 Å². The second-order valence-corrected chi connectivity index (χ2v) is 7.38. The Morgan fingerprint density at radius 3 is 2.50 bits per heavy atom. The maximum Gasteiger partial charge on any atom is 0.167 e. The van der Waals surface area contributed by atoms with E-state index in [9.17, 15) is 0 Å². The number of pyridine rings is 1. The lowest BCUT2D eigenvalue weighted by Gasteiger charge is -2.06. The first-order valence-electron chi connectivity index (χ1n) is 7.40. The highest BCUT2D eigenvalue weighted by Crippen LogP contribution is 2.34. The van der Waals surface area contributed by atoms with Crippen molar-refractivity contribution in [3.63, 3.8) is 0 Å². The van der Waals surface area contributed by atoms with Crippen molar-refractivity contribution in [1.82, 2.24) is 14.3 Å². The SMILES string of the molecule is CC.Clc1cc(Cl)c2nc(COCc3ccccc3)n(PI)c2n1. The van der Waals surface area contributed by atoms with Crippen LogP contribution in [0.3, 0.4) is 0 Å². The highest BCUT2D eigenvalue weighted by atomic mass is 127. The normalized spacial score (nSPS) is 11.0. The number of benzene rings is 1. The summed E-state index contributed by atoms with van der Waals surface area (Å²) in [5, 5.41) is 0.873. The molecule has 8 heteroatoms. The third-order valence-electron chi connectivity index (χ3n) is 3.03. The largest absolute Gasteiger partial charge is 0.369 e. The molecule has 0 aliphatic rings. The summed E-state index contributed by atoms with van der Waals surface area (Å²) in [7, 11) is 0. The van der Waals surface area contributed by atoms with E-state index in [4.69, 9.17) is 27.9 Å². The van der Waals surface area contributed by atoms with E-state index in [-0.39, 0.29) is 0 Å². The molecule has 2 heterocycles. The minimum Gasteiger partial charge on any atom is -0.369 e. The number of rotatable bonds is 5. The molecule has 1 aromatic carbocycles. The number of hydrogen-bond donors (Lipinski definition) is 0. The van der Waals surface area contributed by atoms with Gasteiger partial charge >= 0.3 is 0 Å². The van der Waals surface area contributed by atoms with E-state index in [1.807, 2.05) is 48.5 Å². The van der Waals surface area contributed by atoms with Gasteiger partial charge in [-0.2, -0.15) is 0 Å². The van der Waals surface area contributed by atoms with Gasteiger partial charge < -0.3 is 4.74 Å². The van der Waals surface area contributed by atoms with Gasteiger partial charge in [-0.15, -0.1) is 0 Å². The van der Waals surface area contributed by atoms with Gasteiger partial charge in [0.25, 0.3) is 0 Å². The van der Waals surface area contributed by atoms with Crippen LogP contribution in [0.15, 0.2) is 36.4 Å². The molecule has 4 nitrogen and oxygen atoms in total. The van der Waals surface area contributed by atoms with Crippen molar-refractivity contribution in [1.29, 1.82) is 0 Å². The zero-order valence-electron chi connectivity index (χ0n) is 13.3. The van der Waals surface area contributed by atoms with Crippen LogP contribution in [0.25, 0.3) is 11.2 Å². The molecule has 3 aromatic rings. The summed E-state index contributed by atoms with van der Waals surface area (Å²) >= 11 is 14.5. The Bertz CT molecular complexity index is 799. The standard InChI is InChI=1S/C14H11Cl2IN3OP.C2H6/c15-10-6-11(16)18-14-13(10)19-12(20(14)22-17)8-21-7-9-4-2-1-3-5-9;1-2/h1-6,22H,7-8H2;1-2H3. The molecular weight excluding hydrogens is 479 g/mol. The number of aromatic nitrogens is 3. The molecule has 0 saturated carbocycles. The molecule has 24 heavy (non-hydrogen) atoms.